The minimum absolute atomic E-state index is 0.0426. The van der Waals surface area contributed by atoms with Gasteiger partial charge in [0.05, 0.1) is 23.2 Å². The number of nitrogens with zero attached hydrogens (tertiary/aromatic N) is 2. The molecule has 8 heteroatoms. The summed E-state index contributed by atoms with van der Waals surface area (Å²) in [5.74, 6) is 0.482. The van der Waals surface area contributed by atoms with Crippen LogP contribution in [0.4, 0.5) is 5.82 Å². The van der Waals surface area contributed by atoms with Crippen molar-refractivity contribution in [2.75, 3.05) is 16.8 Å². The van der Waals surface area contributed by atoms with Gasteiger partial charge in [0, 0.05) is 11.5 Å². The third-order valence-corrected chi connectivity index (χ3v) is 6.30. The van der Waals surface area contributed by atoms with Crippen LogP contribution in [0.25, 0.3) is 11.0 Å². The quantitative estimate of drug-likeness (QED) is 0.762. The molecular weight excluding hydrogens is 354 g/mol. The maximum Gasteiger partial charge on any atom is 0.292 e. The van der Waals surface area contributed by atoms with E-state index in [1.165, 1.54) is 0 Å². The van der Waals surface area contributed by atoms with Crippen molar-refractivity contribution in [1.82, 2.24) is 9.78 Å². The molecule has 4 rings (SSSR count). The molecule has 1 saturated heterocycles. The van der Waals surface area contributed by atoms with Crippen LogP contribution in [-0.4, -0.2) is 35.6 Å². The van der Waals surface area contributed by atoms with E-state index < -0.39 is 9.84 Å². The van der Waals surface area contributed by atoms with Gasteiger partial charge in [-0.1, -0.05) is 11.6 Å². The lowest BCUT2D eigenvalue weighted by Crippen LogP contribution is -2.19. The molecule has 0 bridgehead atoms. The van der Waals surface area contributed by atoms with E-state index in [9.17, 15) is 13.2 Å². The molecule has 1 aliphatic heterocycles. The Morgan fingerprint density at radius 1 is 1.27 bits per heavy atom. The Labute approximate surface area is 150 Å². The minimum Gasteiger partial charge on any atom is -0.451 e. The number of hydrogen-bond donors (Lipinski definition) is 1. The van der Waals surface area contributed by atoms with E-state index in [0.717, 1.165) is 10.9 Å². The second-order valence-electron chi connectivity index (χ2n) is 6.78. The van der Waals surface area contributed by atoms with Gasteiger partial charge in [-0.2, -0.15) is 5.10 Å². The molecule has 1 N–H and O–H groups in total. The van der Waals surface area contributed by atoms with Crippen molar-refractivity contribution in [3.05, 3.63) is 47.3 Å². The monoisotopic (exact) mass is 373 g/mol. The van der Waals surface area contributed by atoms with Gasteiger partial charge in [-0.3, -0.25) is 4.79 Å². The first kappa shape index (κ1) is 16.8. The van der Waals surface area contributed by atoms with Crippen LogP contribution in [0.2, 0.25) is 0 Å². The van der Waals surface area contributed by atoms with Crippen LogP contribution in [0, 0.1) is 13.8 Å². The fourth-order valence-corrected chi connectivity index (χ4v) is 5.00. The lowest BCUT2D eigenvalue weighted by molar-refractivity contribution is 0.0997. The molecular formula is C18H19N3O4S. The van der Waals surface area contributed by atoms with Gasteiger partial charge >= 0.3 is 0 Å². The molecule has 2 aromatic heterocycles. The summed E-state index contributed by atoms with van der Waals surface area (Å²) in [6.45, 7) is 3.78. The Kier molecular flexibility index (Phi) is 3.87. The highest BCUT2D eigenvalue weighted by atomic mass is 32.2. The maximum absolute atomic E-state index is 12.6. The molecule has 0 saturated carbocycles. The number of aryl methyl sites for hydroxylation is 2. The number of anilines is 1. The number of carbonyl (C=O) groups excluding carboxylic acids is 1. The summed E-state index contributed by atoms with van der Waals surface area (Å²) < 4.78 is 30.7. The van der Waals surface area contributed by atoms with Crippen LogP contribution >= 0.6 is 0 Å². The summed E-state index contributed by atoms with van der Waals surface area (Å²) in [7, 11) is -3.05. The second-order valence-corrected chi connectivity index (χ2v) is 9.01. The molecule has 136 valence electrons. The van der Waals surface area contributed by atoms with Crippen molar-refractivity contribution in [3.8, 4) is 0 Å². The van der Waals surface area contributed by atoms with Crippen molar-refractivity contribution < 1.29 is 17.6 Å². The molecule has 0 unspecified atom stereocenters. The van der Waals surface area contributed by atoms with Crippen molar-refractivity contribution in [3.63, 3.8) is 0 Å². The SMILES string of the molecule is Cc1ccc2oc(C(=O)Nc3cc(C)nn3[C@H]3CCS(=O)(=O)C3)cc2c1. The molecule has 0 radical (unpaired) electrons. The first-order valence-corrected chi connectivity index (χ1v) is 10.2. The minimum atomic E-state index is -3.05. The number of fused-ring (bicyclic) bond motifs is 1. The second kappa shape index (κ2) is 5.98. The molecule has 1 atom stereocenters. The Morgan fingerprint density at radius 2 is 2.08 bits per heavy atom. The molecule has 1 amide bonds. The largest absolute Gasteiger partial charge is 0.451 e. The summed E-state index contributed by atoms with van der Waals surface area (Å²) in [5.41, 5.74) is 2.44. The fraction of sp³-hybridized carbons (Fsp3) is 0.333. The van der Waals surface area contributed by atoms with E-state index in [2.05, 4.69) is 10.4 Å². The van der Waals surface area contributed by atoms with Gasteiger partial charge in [0.25, 0.3) is 5.91 Å². The predicted octanol–water partition coefficient (Wildman–Crippen LogP) is 2.86. The Hall–Kier alpha value is -2.61. The Bertz CT molecular complexity index is 1110. The Morgan fingerprint density at radius 3 is 2.81 bits per heavy atom. The highest BCUT2D eigenvalue weighted by molar-refractivity contribution is 7.91. The van der Waals surface area contributed by atoms with Crippen LogP contribution in [0.1, 0.15) is 34.3 Å². The number of hydrogen-bond acceptors (Lipinski definition) is 5. The van der Waals surface area contributed by atoms with Gasteiger partial charge < -0.3 is 9.73 Å². The lowest BCUT2D eigenvalue weighted by Gasteiger charge is -2.13. The summed E-state index contributed by atoms with van der Waals surface area (Å²) >= 11 is 0. The zero-order chi connectivity index (χ0) is 18.5. The molecule has 3 aromatic rings. The molecule has 0 spiro atoms. The van der Waals surface area contributed by atoms with Crippen molar-refractivity contribution in [2.24, 2.45) is 0 Å². The first-order chi connectivity index (χ1) is 12.3. The third-order valence-electron chi connectivity index (χ3n) is 4.55. The number of nitrogens with one attached hydrogen (secondary N) is 1. The molecule has 0 aliphatic carbocycles. The number of amides is 1. The molecule has 1 aromatic carbocycles. The summed E-state index contributed by atoms with van der Waals surface area (Å²) in [5, 5.41) is 8.03. The molecule has 3 heterocycles. The van der Waals surface area contributed by atoms with Crippen molar-refractivity contribution >= 4 is 32.5 Å². The Balaban J connectivity index is 1.61. The maximum atomic E-state index is 12.6. The third kappa shape index (κ3) is 3.12. The average molecular weight is 373 g/mol. The van der Waals surface area contributed by atoms with E-state index >= 15 is 0 Å². The first-order valence-electron chi connectivity index (χ1n) is 8.39. The van der Waals surface area contributed by atoms with Crippen LogP contribution in [0.3, 0.4) is 0 Å². The standard InChI is InChI=1S/C18H19N3O4S/c1-11-3-4-15-13(7-11)9-16(25-15)18(22)19-17-8-12(2)20-21(17)14-5-6-26(23,24)10-14/h3-4,7-9,14H,5-6,10H2,1-2H3,(H,19,22)/t14-/m0/s1. The number of carbonyl (C=O) groups is 1. The zero-order valence-electron chi connectivity index (χ0n) is 14.5. The highest BCUT2D eigenvalue weighted by Crippen LogP contribution is 2.28. The number of rotatable bonds is 3. The number of aromatic nitrogens is 2. The number of furan rings is 1. The normalized spacial score (nSPS) is 19.1. The van der Waals surface area contributed by atoms with Crippen molar-refractivity contribution in [2.45, 2.75) is 26.3 Å². The van der Waals surface area contributed by atoms with E-state index in [1.54, 1.807) is 23.7 Å². The topological polar surface area (TPSA) is 94.2 Å². The van der Waals surface area contributed by atoms with Crippen LogP contribution in [0.5, 0.6) is 0 Å². The average Bonchev–Trinajstić information content (AvgIpc) is 3.23. The highest BCUT2D eigenvalue weighted by Gasteiger charge is 2.31. The van der Waals surface area contributed by atoms with E-state index in [-0.39, 0.29) is 29.2 Å². The molecule has 1 aliphatic rings. The van der Waals surface area contributed by atoms with Gasteiger partial charge in [0.1, 0.15) is 11.4 Å². The molecule has 26 heavy (non-hydrogen) atoms. The van der Waals surface area contributed by atoms with Gasteiger partial charge in [-0.25, -0.2) is 13.1 Å². The van der Waals surface area contributed by atoms with Gasteiger partial charge in [0.15, 0.2) is 15.6 Å². The summed E-state index contributed by atoms with van der Waals surface area (Å²) in [4.78, 5) is 12.6. The zero-order valence-corrected chi connectivity index (χ0v) is 15.3. The van der Waals surface area contributed by atoms with Gasteiger partial charge in [-0.05, 0) is 38.5 Å². The lowest BCUT2D eigenvalue weighted by atomic mass is 10.2. The summed E-state index contributed by atoms with van der Waals surface area (Å²) in [6.07, 6.45) is 0.496. The molecule has 1 fully saturated rings. The van der Waals surface area contributed by atoms with Gasteiger partial charge in [0.2, 0.25) is 0 Å². The number of sulfone groups is 1. The van der Waals surface area contributed by atoms with E-state index in [4.69, 9.17) is 4.42 Å². The van der Waals surface area contributed by atoms with E-state index in [0.29, 0.717) is 23.5 Å². The summed E-state index contributed by atoms with van der Waals surface area (Å²) in [6, 6.07) is 8.88. The smallest absolute Gasteiger partial charge is 0.292 e. The molecule has 7 nitrogen and oxygen atoms in total. The van der Waals surface area contributed by atoms with Crippen LogP contribution in [0.15, 0.2) is 34.7 Å². The van der Waals surface area contributed by atoms with E-state index in [1.807, 2.05) is 25.1 Å². The van der Waals surface area contributed by atoms with Gasteiger partial charge in [-0.15, -0.1) is 0 Å². The fourth-order valence-electron chi connectivity index (χ4n) is 3.31. The number of benzene rings is 1. The van der Waals surface area contributed by atoms with Crippen LogP contribution < -0.4 is 5.32 Å². The predicted molar refractivity (Wildman–Crippen MR) is 98.2 cm³/mol. The van der Waals surface area contributed by atoms with Crippen molar-refractivity contribution in [1.29, 1.82) is 0 Å². The van der Waals surface area contributed by atoms with Crippen LogP contribution in [-0.2, 0) is 9.84 Å².